The van der Waals surface area contributed by atoms with E-state index in [1.807, 2.05) is 24.3 Å². The lowest BCUT2D eigenvalue weighted by Crippen LogP contribution is -2.38. The predicted octanol–water partition coefficient (Wildman–Crippen LogP) is 3.95. The molecular weight excluding hydrogens is 316 g/mol. The third-order valence-electron chi connectivity index (χ3n) is 4.10. The van der Waals surface area contributed by atoms with Gasteiger partial charge in [-0.3, -0.25) is 4.79 Å². The van der Waals surface area contributed by atoms with Crippen LogP contribution in [0.25, 0.3) is 0 Å². The third-order valence-corrected chi connectivity index (χ3v) is 4.63. The molecule has 0 atom stereocenters. The van der Waals surface area contributed by atoms with Crippen LogP contribution >= 0.6 is 15.9 Å². The predicted molar refractivity (Wildman–Crippen MR) is 86.8 cm³/mol. The fraction of sp³-hybridized carbons (Fsp3) is 0.562. The molecule has 20 heavy (non-hydrogen) atoms. The molecule has 0 aromatic heterocycles. The zero-order chi connectivity index (χ0) is 14.4. The van der Waals surface area contributed by atoms with Crippen LogP contribution in [0.3, 0.4) is 0 Å². The number of amides is 1. The van der Waals surface area contributed by atoms with Crippen LogP contribution in [0.4, 0.5) is 5.69 Å². The van der Waals surface area contributed by atoms with Crippen molar-refractivity contribution in [3.8, 4) is 0 Å². The molecule has 3 nitrogen and oxygen atoms in total. The summed E-state index contributed by atoms with van der Waals surface area (Å²) in [6.07, 6.45) is 6.27. The van der Waals surface area contributed by atoms with E-state index in [1.54, 1.807) is 0 Å². The molecular formula is C16H23BrN2O. The summed E-state index contributed by atoms with van der Waals surface area (Å²) in [5.74, 6) is 0.926. The summed E-state index contributed by atoms with van der Waals surface area (Å²) in [5, 5.41) is 6.28. The Morgan fingerprint density at radius 1 is 1.20 bits per heavy atom. The SMILES string of the molecule is CCC1CCC(NCC(=O)Nc2ccc(Br)cc2)CC1. The Morgan fingerprint density at radius 3 is 2.45 bits per heavy atom. The van der Waals surface area contributed by atoms with E-state index in [0.29, 0.717) is 12.6 Å². The van der Waals surface area contributed by atoms with Crippen molar-refractivity contribution >= 4 is 27.5 Å². The van der Waals surface area contributed by atoms with Gasteiger partial charge in [0, 0.05) is 16.2 Å². The Balaban J connectivity index is 1.69. The summed E-state index contributed by atoms with van der Waals surface area (Å²) in [5.41, 5.74) is 0.842. The van der Waals surface area contributed by atoms with E-state index in [4.69, 9.17) is 0 Å². The zero-order valence-electron chi connectivity index (χ0n) is 12.0. The first kappa shape index (κ1) is 15.5. The van der Waals surface area contributed by atoms with Crippen molar-refractivity contribution in [2.45, 2.75) is 45.1 Å². The average Bonchev–Trinajstić information content (AvgIpc) is 2.48. The van der Waals surface area contributed by atoms with Crippen LogP contribution in [0, 0.1) is 5.92 Å². The number of hydrogen-bond donors (Lipinski definition) is 2. The summed E-state index contributed by atoms with van der Waals surface area (Å²) in [4.78, 5) is 11.9. The second kappa shape index (κ2) is 7.79. The molecule has 0 aliphatic heterocycles. The minimum Gasteiger partial charge on any atom is -0.325 e. The number of carbonyl (C=O) groups excluding carboxylic acids is 1. The number of rotatable bonds is 5. The molecule has 2 rings (SSSR count). The maximum Gasteiger partial charge on any atom is 0.238 e. The average molecular weight is 339 g/mol. The number of hydrogen-bond acceptors (Lipinski definition) is 2. The Labute approximate surface area is 129 Å². The van der Waals surface area contributed by atoms with Gasteiger partial charge in [-0.25, -0.2) is 0 Å². The second-order valence-electron chi connectivity index (χ2n) is 5.56. The lowest BCUT2D eigenvalue weighted by molar-refractivity contribution is -0.115. The summed E-state index contributed by atoms with van der Waals surface area (Å²) in [6.45, 7) is 2.67. The number of carbonyl (C=O) groups is 1. The van der Waals surface area contributed by atoms with Crippen LogP contribution in [0.2, 0.25) is 0 Å². The first-order chi connectivity index (χ1) is 9.67. The van der Waals surface area contributed by atoms with E-state index in [1.165, 1.54) is 32.1 Å². The van der Waals surface area contributed by atoms with Crippen molar-refractivity contribution in [1.82, 2.24) is 5.32 Å². The molecule has 0 unspecified atom stereocenters. The molecule has 0 bridgehead atoms. The molecule has 0 saturated heterocycles. The van der Waals surface area contributed by atoms with Gasteiger partial charge in [0.25, 0.3) is 0 Å². The van der Waals surface area contributed by atoms with Gasteiger partial charge in [-0.15, -0.1) is 0 Å². The highest BCUT2D eigenvalue weighted by Crippen LogP contribution is 2.26. The van der Waals surface area contributed by atoms with Gasteiger partial charge >= 0.3 is 0 Å². The highest BCUT2D eigenvalue weighted by Gasteiger charge is 2.19. The van der Waals surface area contributed by atoms with Gasteiger partial charge in [0.05, 0.1) is 6.54 Å². The maximum atomic E-state index is 11.9. The van der Waals surface area contributed by atoms with Crippen LogP contribution in [-0.2, 0) is 4.79 Å². The molecule has 0 radical (unpaired) electrons. The molecule has 4 heteroatoms. The van der Waals surface area contributed by atoms with E-state index >= 15 is 0 Å². The van der Waals surface area contributed by atoms with Crippen molar-refractivity contribution in [3.63, 3.8) is 0 Å². The Hall–Kier alpha value is -0.870. The first-order valence-corrected chi connectivity index (χ1v) is 8.25. The van der Waals surface area contributed by atoms with Crippen molar-refractivity contribution in [1.29, 1.82) is 0 Å². The Bertz CT molecular complexity index is 425. The minimum atomic E-state index is 0.0323. The molecule has 1 aromatic rings. The standard InChI is InChI=1S/C16H23BrN2O/c1-2-12-3-7-14(8-4-12)18-11-16(20)19-15-9-5-13(17)6-10-15/h5-6,9-10,12,14,18H,2-4,7-8,11H2,1H3,(H,19,20). The molecule has 1 aliphatic rings. The van der Waals surface area contributed by atoms with Crippen molar-refractivity contribution in [2.24, 2.45) is 5.92 Å². The number of halogens is 1. The van der Waals surface area contributed by atoms with Gasteiger partial charge in [0.1, 0.15) is 0 Å². The number of anilines is 1. The van der Waals surface area contributed by atoms with E-state index in [-0.39, 0.29) is 5.91 Å². The van der Waals surface area contributed by atoms with Crippen LogP contribution in [-0.4, -0.2) is 18.5 Å². The van der Waals surface area contributed by atoms with Crippen molar-refractivity contribution in [2.75, 3.05) is 11.9 Å². The summed E-state index contributed by atoms with van der Waals surface area (Å²) in [7, 11) is 0. The Morgan fingerprint density at radius 2 is 1.85 bits per heavy atom. The molecule has 1 aliphatic carbocycles. The lowest BCUT2D eigenvalue weighted by Gasteiger charge is -2.28. The third kappa shape index (κ3) is 4.91. The quantitative estimate of drug-likeness (QED) is 0.853. The van der Waals surface area contributed by atoms with E-state index < -0.39 is 0 Å². The van der Waals surface area contributed by atoms with Crippen LogP contribution in [0.15, 0.2) is 28.7 Å². The summed E-state index contributed by atoms with van der Waals surface area (Å²) < 4.78 is 1.02. The first-order valence-electron chi connectivity index (χ1n) is 7.46. The van der Waals surface area contributed by atoms with Gasteiger partial charge < -0.3 is 10.6 Å². The molecule has 1 saturated carbocycles. The normalized spacial score (nSPS) is 22.5. The fourth-order valence-corrected chi connectivity index (χ4v) is 3.01. The van der Waals surface area contributed by atoms with Gasteiger partial charge in [0.2, 0.25) is 5.91 Å². The number of nitrogens with one attached hydrogen (secondary N) is 2. The summed E-state index contributed by atoms with van der Waals surface area (Å²) >= 11 is 3.38. The minimum absolute atomic E-state index is 0.0323. The highest BCUT2D eigenvalue weighted by molar-refractivity contribution is 9.10. The molecule has 2 N–H and O–H groups in total. The molecule has 1 fully saturated rings. The molecule has 1 aromatic carbocycles. The van der Waals surface area contributed by atoms with Crippen LogP contribution < -0.4 is 10.6 Å². The van der Waals surface area contributed by atoms with Gasteiger partial charge in [0.15, 0.2) is 0 Å². The largest absolute Gasteiger partial charge is 0.325 e. The van der Waals surface area contributed by atoms with Crippen molar-refractivity contribution < 1.29 is 4.79 Å². The molecule has 0 spiro atoms. The van der Waals surface area contributed by atoms with E-state index in [9.17, 15) is 4.79 Å². The van der Waals surface area contributed by atoms with Gasteiger partial charge in [-0.2, -0.15) is 0 Å². The van der Waals surface area contributed by atoms with E-state index in [2.05, 4.69) is 33.5 Å². The molecule has 0 heterocycles. The monoisotopic (exact) mass is 338 g/mol. The van der Waals surface area contributed by atoms with Crippen LogP contribution in [0.5, 0.6) is 0 Å². The topological polar surface area (TPSA) is 41.1 Å². The summed E-state index contributed by atoms with van der Waals surface area (Å²) in [6, 6.07) is 8.15. The maximum absolute atomic E-state index is 11.9. The van der Waals surface area contributed by atoms with Crippen LogP contribution in [0.1, 0.15) is 39.0 Å². The molecule has 110 valence electrons. The Kier molecular flexibility index (Phi) is 6.05. The van der Waals surface area contributed by atoms with Gasteiger partial charge in [-0.1, -0.05) is 29.3 Å². The smallest absolute Gasteiger partial charge is 0.238 e. The van der Waals surface area contributed by atoms with Gasteiger partial charge in [-0.05, 0) is 55.9 Å². The highest BCUT2D eigenvalue weighted by atomic mass is 79.9. The van der Waals surface area contributed by atoms with Crippen molar-refractivity contribution in [3.05, 3.63) is 28.7 Å². The number of benzene rings is 1. The zero-order valence-corrected chi connectivity index (χ0v) is 13.6. The van der Waals surface area contributed by atoms with E-state index in [0.717, 1.165) is 16.1 Å². The second-order valence-corrected chi connectivity index (χ2v) is 6.48. The fourth-order valence-electron chi connectivity index (χ4n) is 2.75. The molecule has 1 amide bonds. The lowest BCUT2D eigenvalue weighted by atomic mass is 9.84.